The van der Waals surface area contributed by atoms with Gasteiger partial charge in [-0.25, -0.2) is 18.7 Å². The Hall–Kier alpha value is -4.00. The number of fused-ring (bicyclic) bond motifs is 2. The monoisotopic (exact) mass is 400 g/mol. The average Bonchev–Trinajstić information content (AvgIpc) is 2.77. The van der Waals surface area contributed by atoms with Crippen LogP contribution in [-0.4, -0.2) is 19.5 Å². The molecule has 5 nitrogen and oxygen atoms in total. The number of aromatic nitrogens is 4. The van der Waals surface area contributed by atoms with E-state index in [0.29, 0.717) is 22.3 Å². The molecule has 3 aromatic heterocycles. The minimum Gasteiger partial charge on any atom is -0.299 e. The molecule has 0 unspecified atom stereocenters. The number of rotatable bonds is 3. The van der Waals surface area contributed by atoms with E-state index < -0.39 is 17.2 Å². The third-order valence-corrected chi connectivity index (χ3v) is 5.00. The van der Waals surface area contributed by atoms with E-state index in [9.17, 15) is 13.6 Å². The lowest BCUT2D eigenvalue weighted by Gasteiger charge is -2.12. The molecule has 0 spiro atoms. The normalized spacial score (nSPS) is 11.3. The van der Waals surface area contributed by atoms with Crippen LogP contribution in [0.5, 0.6) is 0 Å². The predicted molar refractivity (Wildman–Crippen MR) is 110 cm³/mol. The van der Waals surface area contributed by atoms with E-state index in [4.69, 9.17) is 0 Å². The third kappa shape index (κ3) is 3.10. The number of hydrogen-bond donors (Lipinski definition) is 0. The average molecular weight is 400 g/mol. The number of para-hydroxylation sites is 1. The van der Waals surface area contributed by atoms with E-state index in [1.807, 2.05) is 30.3 Å². The molecule has 0 N–H and O–H groups in total. The Bertz CT molecular complexity index is 1460. The molecule has 0 fully saturated rings. The van der Waals surface area contributed by atoms with Gasteiger partial charge in [0.2, 0.25) is 0 Å². The molecule has 0 atom stereocenters. The van der Waals surface area contributed by atoms with Crippen molar-refractivity contribution in [2.24, 2.45) is 0 Å². The van der Waals surface area contributed by atoms with Crippen LogP contribution in [0.1, 0.15) is 5.56 Å². The molecule has 3 heterocycles. The lowest BCUT2D eigenvalue weighted by atomic mass is 10.0. The molecule has 5 aromatic rings. The van der Waals surface area contributed by atoms with E-state index >= 15 is 0 Å². The Labute approximate surface area is 169 Å². The quantitative estimate of drug-likeness (QED) is 0.452. The maximum atomic E-state index is 14.9. The van der Waals surface area contributed by atoms with Crippen molar-refractivity contribution in [3.8, 4) is 11.1 Å². The predicted octanol–water partition coefficient (Wildman–Crippen LogP) is 4.33. The summed E-state index contributed by atoms with van der Waals surface area (Å²) in [5, 5.41) is 0.877. The molecule has 0 aliphatic rings. The minimum absolute atomic E-state index is 0.203. The fourth-order valence-electron chi connectivity index (χ4n) is 3.47. The molecule has 0 bridgehead atoms. The van der Waals surface area contributed by atoms with Crippen LogP contribution >= 0.6 is 0 Å². The molecule has 0 saturated carbocycles. The second-order valence-corrected chi connectivity index (χ2v) is 6.86. The topological polar surface area (TPSA) is 60.7 Å². The van der Waals surface area contributed by atoms with Crippen molar-refractivity contribution in [2.75, 3.05) is 0 Å². The van der Waals surface area contributed by atoms with E-state index in [2.05, 4.69) is 15.0 Å². The van der Waals surface area contributed by atoms with Crippen LogP contribution in [0.15, 0.2) is 78.0 Å². The molecular weight excluding hydrogens is 386 g/mol. The Morgan fingerprint density at radius 2 is 1.63 bits per heavy atom. The van der Waals surface area contributed by atoms with Crippen LogP contribution in [0.25, 0.3) is 33.2 Å². The molecule has 0 aliphatic heterocycles. The van der Waals surface area contributed by atoms with Crippen LogP contribution in [-0.2, 0) is 6.54 Å². The van der Waals surface area contributed by atoms with E-state index in [1.54, 1.807) is 18.3 Å². The van der Waals surface area contributed by atoms with Crippen LogP contribution in [0.2, 0.25) is 0 Å². The largest absolute Gasteiger partial charge is 0.299 e. The first-order valence-corrected chi connectivity index (χ1v) is 9.24. The number of hydrogen-bond acceptors (Lipinski definition) is 4. The summed E-state index contributed by atoms with van der Waals surface area (Å²) in [6.07, 6.45) is 4.22. The van der Waals surface area contributed by atoms with Crippen molar-refractivity contribution in [2.45, 2.75) is 6.54 Å². The Kier molecular flexibility index (Phi) is 4.28. The first-order valence-electron chi connectivity index (χ1n) is 9.24. The number of benzene rings is 2. The van der Waals surface area contributed by atoms with Crippen molar-refractivity contribution in [1.82, 2.24) is 19.5 Å². The molecule has 146 valence electrons. The van der Waals surface area contributed by atoms with Gasteiger partial charge < -0.3 is 0 Å². The van der Waals surface area contributed by atoms with Gasteiger partial charge in [0.1, 0.15) is 11.6 Å². The fraction of sp³-hybridized carbons (Fsp3) is 0.0435. The van der Waals surface area contributed by atoms with Gasteiger partial charge in [-0.3, -0.25) is 14.3 Å². The highest BCUT2D eigenvalue weighted by Gasteiger charge is 2.15. The fourth-order valence-corrected chi connectivity index (χ4v) is 3.47. The van der Waals surface area contributed by atoms with Crippen molar-refractivity contribution >= 4 is 22.1 Å². The number of pyridine rings is 2. The summed E-state index contributed by atoms with van der Waals surface area (Å²) in [5.41, 5.74) is 1.86. The lowest BCUT2D eigenvalue weighted by molar-refractivity contribution is 0.545. The summed E-state index contributed by atoms with van der Waals surface area (Å²) >= 11 is 0. The maximum Gasteiger partial charge on any atom is 0.269 e. The maximum absolute atomic E-state index is 14.9. The van der Waals surface area contributed by atoms with Crippen molar-refractivity contribution in [3.05, 3.63) is 101 Å². The summed E-state index contributed by atoms with van der Waals surface area (Å²) in [4.78, 5) is 24.7. The Balaban J connectivity index is 1.58. The Morgan fingerprint density at radius 3 is 2.47 bits per heavy atom. The summed E-state index contributed by atoms with van der Waals surface area (Å²) in [6, 6.07) is 15.2. The van der Waals surface area contributed by atoms with Gasteiger partial charge in [0, 0.05) is 28.9 Å². The van der Waals surface area contributed by atoms with Gasteiger partial charge in [0.05, 0.1) is 23.8 Å². The molecule has 0 aliphatic carbocycles. The molecule has 0 radical (unpaired) electrons. The van der Waals surface area contributed by atoms with Crippen LogP contribution in [0, 0.1) is 11.6 Å². The molecule has 0 amide bonds. The first kappa shape index (κ1) is 18.1. The molecular formula is C23H14F2N4O. The lowest BCUT2D eigenvalue weighted by Crippen LogP contribution is -2.22. The molecule has 7 heteroatoms. The van der Waals surface area contributed by atoms with Gasteiger partial charge in [-0.05, 0) is 42.0 Å². The van der Waals surface area contributed by atoms with Crippen LogP contribution < -0.4 is 5.56 Å². The van der Waals surface area contributed by atoms with Gasteiger partial charge in [-0.2, -0.15) is 0 Å². The minimum atomic E-state index is -0.737. The van der Waals surface area contributed by atoms with E-state index in [1.165, 1.54) is 22.9 Å². The van der Waals surface area contributed by atoms with Gasteiger partial charge in [-0.15, -0.1) is 0 Å². The number of halogens is 2. The summed E-state index contributed by atoms with van der Waals surface area (Å²) < 4.78 is 31.1. The third-order valence-electron chi connectivity index (χ3n) is 5.00. The summed E-state index contributed by atoms with van der Waals surface area (Å²) in [5.74, 6) is -1.47. The summed E-state index contributed by atoms with van der Waals surface area (Å²) in [6.45, 7) is -0.266. The Morgan fingerprint density at radius 1 is 0.833 bits per heavy atom. The zero-order valence-electron chi connectivity index (χ0n) is 15.6. The standard InChI is InChI=1S/C23H14F2N4O/c24-18-9-15(16-8-14-4-1-2-5-20(14)27-11-16)10-19(25)17(18)13-29-21-6-3-7-26-23(21)28-12-22(29)30/h1-12H,13H2. The van der Waals surface area contributed by atoms with Gasteiger partial charge in [0.25, 0.3) is 5.56 Å². The van der Waals surface area contributed by atoms with Crippen molar-refractivity contribution in [3.63, 3.8) is 0 Å². The highest BCUT2D eigenvalue weighted by atomic mass is 19.1. The van der Waals surface area contributed by atoms with Crippen molar-refractivity contribution < 1.29 is 8.78 Å². The van der Waals surface area contributed by atoms with E-state index in [0.717, 1.165) is 17.1 Å². The van der Waals surface area contributed by atoms with Crippen LogP contribution in [0.4, 0.5) is 8.78 Å². The van der Waals surface area contributed by atoms with Gasteiger partial charge in [0.15, 0.2) is 5.65 Å². The first-order chi connectivity index (χ1) is 14.6. The second kappa shape index (κ2) is 7.11. The SMILES string of the molecule is O=c1cnc2ncccc2n1Cc1c(F)cc(-c2cnc3ccccc3c2)cc1F. The van der Waals surface area contributed by atoms with Crippen molar-refractivity contribution in [1.29, 1.82) is 0 Å². The molecule has 30 heavy (non-hydrogen) atoms. The molecule has 5 rings (SSSR count). The smallest absolute Gasteiger partial charge is 0.269 e. The highest BCUT2D eigenvalue weighted by Crippen LogP contribution is 2.27. The van der Waals surface area contributed by atoms with E-state index in [-0.39, 0.29) is 12.1 Å². The highest BCUT2D eigenvalue weighted by molar-refractivity contribution is 5.83. The van der Waals surface area contributed by atoms with Crippen LogP contribution in [0.3, 0.4) is 0 Å². The molecule has 2 aromatic carbocycles. The second-order valence-electron chi connectivity index (χ2n) is 6.86. The molecule has 0 saturated heterocycles. The van der Waals surface area contributed by atoms with Gasteiger partial charge in [-0.1, -0.05) is 18.2 Å². The summed E-state index contributed by atoms with van der Waals surface area (Å²) in [7, 11) is 0. The van der Waals surface area contributed by atoms with Gasteiger partial charge >= 0.3 is 0 Å². The number of nitrogens with zero attached hydrogens (tertiary/aromatic N) is 4. The zero-order valence-corrected chi connectivity index (χ0v) is 15.6. The zero-order chi connectivity index (χ0) is 20.7.